The fourth-order valence-electron chi connectivity index (χ4n) is 6.22. The number of carboxylic acid groups (broad SMARTS) is 1. The van der Waals surface area contributed by atoms with E-state index in [0.29, 0.717) is 25.8 Å². The minimum atomic E-state index is -1.04. The molecule has 4 aromatic carbocycles. The van der Waals surface area contributed by atoms with E-state index in [-0.39, 0.29) is 18.7 Å². The van der Waals surface area contributed by atoms with Gasteiger partial charge in [-0.05, 0) is 71.6 Å². The molecule has 5 aromatic rings. The highest BCUT2D eigenvalue weighted by Gasteiger charge is 2.28. The maximum Gasteiger partial charge on any atom is 0.304 e. The molecule has 7 nitrogen and oxygen atoms in total. The van der Waals surface area contributed by atoms with Crippen molar-refractivity contribution >= 4 is 28.7 Å². The van der Waals surface area contributed by atoms with Gasteiger partial charge in [0.25, 0.3) is 0 Å². The Morgan fingerprint density at radius 3 is 2.02 bits per heavy atom. The van der Waals surface area contributed by atoms with Crippen molar-refractivity contribution in [1.29, 1.82) is 0 Å². The van der Waals surface area contributed by atoms with Gasteiger partial charge in [0.15, 0.2) is 0 Å². The normalized spacial score (nSPS) is 12.4. The molecule has 0 unspecified atom stereocenters. The molecule has 2 atom stereocenters. The molecular weight excluding hydrogens is 598 g/mol. The van der Waals surface area contributed by atoms with Crippen LogP contribution in [0.4, 0.5) is 0 Å². The third-order valence-corrected chi connectivity index (χ3v) is 8.88. The molecule has 0 radical (unpaired) electrons. The number of hydrogen-bond acceptors (Lipinski definition) is 3. The van der Waals surface area contributed by atoms with E-state index in [1.54, 1.807) is 0 Å². The zero-order chi connectivity index (χ0) is 33.7. The van der Waals surface area contributed by atoms with Gasteiger partial charge in [0.05, 0.1) is 6.42 Å². The molecular formula is C41H45N3O4. The van der Waals surface area contributed by atoms with Gasteiger partial charge >= 0.3 is 5.97 Å². The van der Waals surface area contributed by atoms with Crippen LogP contribution in [0.1, 0.15) is 54.9 Å². The van der Waals surface area contributed by atoms with Crippen molar-refractivity contribution in [2.24, 2.45) is 5.92 Å². The molecule has 1 aromatic heterocycles. The Morgan fingerprint density at radius 1 is 0.729 bits per heavy atom. The van der Waals surface area contributed by atoms with E-state index in [2.05, 4.69) is 71.1 Å². The van der Waals surface area contributed by atoms with Crippen molar-refractivity contribution < 1.29 is 19.5 Å². The summed E-state index contributed by atoms with van der Waals surface area (Å²) >= 11 is 0. The Kier molecular flexibility index (Phi) is 12.2. The first-order chi connectivity index (χ1) is 23.4. The SMILES string of the molecule is CCCc1ccc(-c2ccc(CCC[C@H](CC(=O)O)C(=O)N[C@@H](Cc3c[nH]c4ccccc34)C(=O)NCCc3ccccc3)cc2)cc1. The molecule has 0 saturated heterocycles. The van der Waals surface area contributed by atoms with Gasteiger partial charge in [0.1, 0.15) is 6.04 Å². The number of fused-ring (bicyclic) bond motifs is 1. The lowest BCUT2D eigenvalue weighted by Crippen LogP contribution is -2.50. The standard InChI is InChI=1S/C41H45N3O4/c1-2-9-29-16-20-32(21-17-29)33-22-18-31(19-23-33)12-8-13-34(27-39(45)46)40(47)44-38(26-35-28-43-37-15-7-6-14-36(35)37)41(48)42-25-24-30-10-4-3-5-11-30/h3-7,10-11,14-23,28,34,38,43H,2,8-9,12-13,24-27H2,1H3,(H,42,48)(H,44,47)(H,45,46)/t34-,38+/m1/s1. The molecule has 0 aliphatic rings. The number of hydrogen-bond donors (Lipinski definition) is 4. The van der Waals surface area contributed by atoms with Crippen LogP contribution in [0.25, 0.3) is 22.0 Å². The van der Waals surface area contributed by atoms with Crippen LogP contribution in [0.2, 0.25) is 0 Å². The summed E-state index contributed by atoms with van der Waals surface area (Å²) in [6, 6.07) is 33.9. The third kappa shape index (κ3) is 9.67. The van der Waals surface area contributed by atoms with Crippen LogP contribution < -0.4 is 10.6 Å². The lowest BCUT2D eigenvalue weighted by Gasteiger charge is -2.22. The summed E-state index contributed by atoms with van der Waals surface area (Å²) in [5.74, 6) is -2.50. The Morgan fingerprint density at radius 2 is 1.35 bits per heavy atom. The molecule has 7 heteroatoms. The van der Waals surface area contributed by atoms with Gasteiger partial charge in [0, 0.05) is 36.0 Å². The molecule has 0 aliphatic carbocycles. The molecule has 48 heavy (non-hydrogen) atoms. The first kappa shape index (κ1) is 34.2. The predicted molar refractivity (Wildman–Crippen MR) is 192 cm³/mol. The maximum atomic E-state index is 13.6. The molecule has 248 valence electrons. The van der Waals surface area contributed by atoms with Crippen LogP contribution >= 0.6 is 0 Å². The van der Waals surface area contributed by atoms with E-state index < -0.39 is 23.8 Å². The number of carboxylic acids is 1. The number of aryl methyl sites for hydroxylation is 2. The van der Waals surface area contributed by atoms with Gasteiger partial charge in [0.2, 0.25) is 11.8 Å². The van der Waals surface area contributed by atoms with Crippen molar-refractivity contribution in [1.82, 2.24) is 15.6 Å². The minimum Gasteiger partial charge on any atom is -0.481 e. The second kappa shape index (κ2) is 17.1. The first-order valence-electron chi connectivity index (χ1n) is 17.0. The maximum absolute atomic E-state index is 13.6. The number of aromatic nitrogens is 1. The summed E-state index contributed by atoms with van der Waals surface area (Å²) in [5.41, 5.74) is 7.75. The highest BCUT2D eigenvalue weighted by Crippen LogP contribution is 2.23. The van der Waals surface area contributed by atoms with Crippen LogP contribution in [0.3, 0.4) is 0 Å². The summed E-state index contributed by atoms with van der Waals surface area (Å²) in [5, 5.41) is 16.6. The number of aromatic amines is 1. The van der Waals surface area contributed by atoms with E-state index in [1.165, 1.54) is 11.1 Å². The predicted octanol–water partition coefficient (Wildman–Crippen LogP) is 7.29. The number of nitrogens with one attached hydrogen (secondary N) is 3. The monoisotopic (exact) mass is 643 g/mol. The molecule has 5 rings (SSSR count). The van der Waals surface area contributed by atoms with Gasteiger partial charge in [-0.25, -0.2) is 0 Å². The molecule has 0 fully saturated rings. The van der Waals surface area contributed by atoms with Crippen molar-refractivity contribution in [2.75, 3.05) is 6.54 Å². The smallest absolute Gasteiger partial charge is 0.304 e. The van der Waals surface area contributed by atoms with E-state index in [1.807, 2.05) is 60.8 Å². The zero-order valence-electron chi connectivity index (χ0n) is 27.6. The summed E-state index contributed by atoms with van der Waals surface area (Å²) in [6.45, 7) is 2.60. The van der Waals surface area contributed by atoms with Gasteiger partial charge < -0.3 is 20.7 Å². The number of rotatable bonds is 17. The topological polar surface area (TPSA) is 111 Å². The quantitative estimate of drug-likeness (QED) is 0.0853. The van der Waals surface area contributed by atoms with Gasteiger partial charge in [-0.2, -0.15) is 0 Å². The fraction of sp³-hybridized carbons (Fsp3) is 0.293. The Bertz CT molecular complexity index is 1780. The molecule has 2 amide bonds. The number of benzene rings is 4. The highest BCUT2D eigenvalue weighted by atomic mass is 16.4. The van der Waals surface area contributed by atoms with Gasteiger partial charge in [-0.15, -0.1) is 0 Å². The van der Waals surface area contributed by atoms with E-state index in [9.17, 15) is 19.5 Å². The molecule has 0 bridgehead atoms. The Labute approximate surface area is 282 Å². The van der Waals surface area contributed by atoms with Crippen LogP contribution in [0, 0.1) is 5.92 Å². The summed E-state index contributed by atoms with van der Waals surface area (Å²) in [7, 11) is 0. The van der Waals surface area contributed by atoms with Crippen molar-refractivity contribution in [2.45, 2.75) is 64.3 Å². The molecule has 0 aliphatic heterocycles. The fourth-order valence-corrected chi connectivity index (χ4v) is 6.22. The van der Waals surface area contributed by atoms with Gasteiger partial charge in [-0.3, -0.25) is 14.4 Å². The van der Waals surface area contributed by atoms with Crippen molar-refractivity contribution in [3.05, 3.63) is 132 Å². The average Bonchev–Trinajstić information content (AvgIpc) is 3.51. The summed E-state index contributed by atoms with van der Waals surface area (Å²) in [4.78, 5) is 42.2. The summed E-state index contributed by atoms with van der Waals surface area (Å²) in [6.07, 6.45) is 6.47. The van der Waals surface area contributed by atoms with Crippen LogP contribution in [0.15, 0.2) is 109 Å². The van der Waals surface area contributed by atoms with E-state index in [0.717, 1.165) is 52.4 Å². The highest BCUT2D eigenvalue weighted by molar-refractivity contribution is 5.91. The number of para-hydroxylation sites is 1. The van der Waals surface area contributed by atoms with Gasteiger partial charge in [-0.1, -0.05) is 110 Å². The lowest BCUT2D eigenvalue weighted by molar-refractivity contribution is -0.141. The summed E-state index contributed by atoms with van der Waals surface area (Å²) < 4.78 is 0. The largest absolute Gasteiger partial charge is 0.481 e. The molecule has 4 N–H and O–H groups in total. The molecule has 0 spiro atoms. The minimum absolute atomic E-state index is 0.278. The third-order valence-electron chi connectivity index (χ3n) is 8.88. The van der Waals surface area contributed by atoms with Crippen LogP contribution in [0.5, 0.6) is 0 Å². The van der Waals surface area contributed by atoms with Crippen molar-refractivity contribution in [3.63, 3.8) is 0 Å². The van der Waals surface area contributed by atoms with E-state index in [4.69, 9.17) is 0 Å². The zero-order valence-corrected chi connectivity index (χ0v) is 27.6. The van der Waals surface area contributed by atoms with Crippen LogP contribution in [-0.4, -0.2) is 40.5 Å². The first-order valence-corrected chi connectivity index (χ1v) is 17.0. The number of H-pyrrole nitrogens is 1. The Balaban J connectivity index is 1.22. The number of carbonyl (C=O) groups is 3. The number of amides is 2. The lowest BCUT2D eigenvalue weighted by atomic mass is 9.94. The molecule has 1 heterocycles. The second-order valence-corrected chi connectivity index (χ2v) is 12.5. The second-order valence-electron chi connectivity index (χ2n) is 12.5. The number of aliphatic carboxylic acids is 1. The Hall–Kier alpha value is -5.17. The van der Waals surface area contributed by atoms with E-state index >= 15 is 0 Å². The average molecular weight is 644 g/mol. The van der Waals surface area contributed by atoms with Crippen molar-refractivity contribution in [3.8, 4) is 11.1 Å². The molecule has 0 saturated carbocycles. The number of carbonyl (C=O) groups excluding carboxylic acids is 2. The van der Waals surface area contributed by atoms with Crippen LogP contribution in [-0.2, 0) is 40.1 Å².